The third-order valence-corrected chi connectivity index (χ3v) is 3.12. The third kappa shape index (κ3) is 4.49. The number of benzene rings is 1. The predicted octanol–water partition coefficient (Wildman–Crippen LogP) is 2.42. The van der Waals surface area contributed by atoms with Crippen LogP contribution in [0.3, 0.4) is 0 Å². The Kier molecular flexibility index (Phi) is 6.44. The monoisotopic (exact) mass is 248 g/mol. The van der Waals surface area contributed by atoms with Gasteiger partial charge in [0.2, 0.25) is 5.91 Å². The molecule has 0 fully saturated rings. The van der Waals surface area contributed by atoms with Crippen molar-refractivity contribution in [3.8, 4) is 0 Å². The molecule has 0 bridgehead atoms. The minimum atomic E-state index is -0.0694. The molecule has 2 unspecified atom stereocenters. The van der Waals surface area contributed by atoms with E-state index in [0.29, 0.717) is 6.54 Å². The van der Waals surface area contributed by atoms with Crippen LogP contribution in [0.2, 0.25) is 0 Å². The summed E-state index contributed by atoms with van der Waals surface area (Å²) in [6.07, 6.45) is 2.80. The SMILES string of the molecule is CCCC(N)CNC(=O)C(CC)c1ccccc1. The zero-order valence-electron chi connectivity index (χ0n) is 11.4. The highest BCUT2D eigenvalue weighted by atomic mass is 16.1. The number of hydrogen-bond acceptors (Lipinski definition) is 2. The summed E-state index contributed by atoms with van der Waals surface area (Å²) < 4.78 is 0. The highest BCUT2D eigenvalue weighted by Gasteiger charge is 2.18. The Labute approximate surface area is 110 Å². The molecule has 0 aromatic heterocycles. The summed E-state index contributed by atoms with van der Waals surface area (Å²) in [5, 5.41) is 2.95. The molecule has 1 aromatic rings. The van der Waals surface area contributed by atoms with Crippen LogP contribution < -0.4 is 11.1 Å². The zero-order chi connectivity index (χ0) is 13.4. The maximum absolute atomic E-state index is 12.1. The predicted molar refractivity (Wildman–Crippen MR) is 75.4 cm³/mol. The second-order valence-electron chi connectivity index (χ2n) is 4.67. The van der Waals surface area contributed by atoms with E-state index in [1.54, 1.807) is 0 Å². The van der Waals surface area contributed by atoms with Gasteiger partial charge in [0.1, 0.15) is 0 Å². The Morgan fingerprint density at radius 2 is 1.94 bits per heavy atom. The lowest BCUT2D eigenvalue weighted by atomic mass is 9.95. The Morgan fingerprint density at radius 3 is 2.50 bits per heavy atom. The van der Waals surface area contributed by atoms with E-state index in [-0.39, 0.29) is 17.9 Å². The van der Waals surface area contributed by atoms with Gasteiger partial charge in [0, 0.05) is 12.6 Å². The Morgan fingerprint density at radius 1 is 1.28 bits per heavy atom. The van der Waals surface area contributed by atoms with Gasteiger partial charge < -0.3 is 11.1 Å². The summed E-state index contributed by atoms with van der Waals surface area (Å²) in [5.41, 5.74) is 6.97. The topological polar surface area (TPSA) is 55.1 Å². The summed E-state index contributed by atoms with van der Waals surface area (Å²) in [6, 6.07) is 9.96. The van der Waals surface area contributed by atoms with Crippen molar-refractivity contribution in [2.24, 2.45) is 5.73 Å². The summed E-state index contributed by atoms with van der Waals surface area (Å²) >= 11 is 0. The quantitative estimate of drug-likeness (QED) is 0.778. The molecule has 3 N–H and O–H groups in total. The smallest absolute Gasteiger partial charge is 0.227 e. The molecule has 18 heavy (non-hydrogen) atoms. The number of nitrogens with two attached hydrogens (primary N) is 1. The van der Waals surface area contributed by atoms with E-state index in [2.05, 4.69) is 12.2 Å². The fourth-order valence-electron chi connectivity index (χ4n) is 2.09. The van der Waals surface area contributed by atoms with E-state index in [9.17, 15) is 4.79 Å². The molecule has 0 aliphatic carbocycles. The maximum atomic E-state index is 12.1. The lowest BCUT2D eigenvalue weighted by molar-refractivity contribution is -0.122. The fraction of sp³-hybridized carbons (Fsp3) is 0.533. The second kappa shape index (κ2) is 7.88. The van der Waals surface area contributed by atoms with Gasteiger partial charge in [-0.3, -0.25) is 4.79 Å². The first-order valence-electron chi connectivity index (χ1n) is 6.77. The molecule has 2 atom stereocenters. The van der Waals surface area contributed by atoms with Gasteiger partial charge in [0.05, 0.1) is 5.92 Å². The molecule has 3 heteroatoms. The molecule has 0 radical (unpaired) electrons. The third-order valence-electron chi connectivity index (χ3n) is 3.12. The molecule has 0 spiro atoms. The molecule has 1 aromatic carbocycles. The molecule has 0 saturated carbocycles. The Hall–Kier alpha value is -1.35. The average Bonchev–Trinajstić information content (AvgIpc) is 2.39. The minimum absolute atomic E-state index is 0.0622. The molecule has 0 aliphatic heterocycles. The van der Waals surface area contributed by atoms with E-state index in [4.69, 9.17) is 5.73 Å². The summed E-state index contributed by atoms with van der Waals surface area (Å²) in [6.45, 7) is 4.69. The molecule has 1 amide bonds. The average molecular weight is 248 g/mol. The number of carbonyl (C=O) groups is 1. The summed E-state index contributed by atoms with van der Waals surface area (Å²) in [5.74, 6) is 0.00952. The summed E-state index contributed by atoms with van der Waals surface area (Å²) in [4.78, 5) is 12.1. The van der Waals surface area contributed by atoms with Crippen molar-refractivity contribution >= 4 is 5.91 Å². The first-order valence-corrected chi connectivity index (χ1v) is 6.77. The van der Waals surface area contributed by atoms with Gasteiger partial charge in [0.15, 0.2) is 0 Å². The second-order valence-corrected chi connectivity index (χ2v) is 4.67. The van der Waals surface area contributed by atoms with Crippen LogP contribution in [0.4, 0.5) is 0 Å². The van der Waals surface area contributed by atoms with Crippen LogP contribution in [0.15, 0.2) is 30.3 Å². The molecule has 0 saturated heterocycles. The van der Waals surface area contributed by atoms with Gasteiger partial charge in [0.25, 0.3) is 0 Å². The van der Waals surface area contributed by atoms with Crippen molar-refractivity contribution in [1.82, 2.24) is 5.32 Å². The van der Waals surface area contributed by atoms with Gasteiger partial charge in [-0.15, -0.1) is 0 Å². The highest BCUT2D eigenvalue weighted by molar-refractivity contribution is 5.83. The lowest BCUT2D eigenvalue weighted by Gasteiger charge is -2.17. The zero-order valence-corrected chi connectivity index (χ0v) is 11.4. The Bertz CT molecular complexity index is 351. The van der Waals surface area contributed by atoms with E-state index in [0.717, 1.165) is 24.8 Å². The first-order chi connectivity index (χ1) is 8.69. The van der Waals surface area contributed by atoms with Crippen LogP contribution in [0.1, 0.15) is 44.6 Å². The van der Waals surface area contributed by atoms with Crippen molar-refractivity contribution in [3.05, 3.63) is 35.9 Å². The molecule has 0 aliphatic rings. The van der Waals surface area contributed by atoms with Crippen molar-refractivity contribution < 1.29 is 4.79 Å². The van der Waals surface area contributed by atoms with Crippen LogP contribution in [0, 0.1) is 0 Å². The van der Waals surface area contributed by atoms with Crippen LogP contribution >= 0.6 is 0 Å². The largest absolute Gasteiger partial charge is 0.354 e. The molecule has 100 valence electrons. The van der Waals surface area contributed by atoms with Crippen LogP contribution in [0.5, 0.6) is 0 Å². The molecular formula is C15H24N2O. The van der Waals surface area contributed by atoms with E-state index < -0.39 is 0 Å². The van der Waals surface area contributed by atoms with Crippen molar-refractivity contribution in [2.45, 2.75) is 45.1 Å². The van der Waals surface area contributed by atoms with Gasteiger partial charge in [-0.05, 0) is 18.4 Å². The van der Waals surface area contributed by atoms with Gasteiger partial charge in [-0.1, -0.05) is 50.6 Å². The minimum Gasteiger partial charge on any atom is -0.354 e. The van der Waals surface area contributed by atoms with Crippen molar-refractivity contribution in [2.75, 3.05) is 6.54 Å². The van der Waals surface area contributed by atoms with Gasteiger partial charge in [-0.2, -0.15) is 0 Å². The highest BCUT2D eigenvalue weighted by Crippen LogP contribution is 2.19. The lowest BCUT2D eigenvalue weighted by Crippen LogP contribution is -2.39. The number of rotatable bonds is 7. The maximum Gasteiger partial charge on any atom is 0.227 e. The first kappa shape index (κ1) is 14.7. The van der Waals surface area contributed by atoms with Gasteiger partial charge >= 0.3 is 0 Å². The number of hydrogen-bond donors (Lipinski definition) is 2. The fourth-order valence-corrected chi connectivity index (χ4v) is 2.09. The Balaban J connectivity index is 2.53. The number of nitrogens with one attached hydrogen (secondary N) is 1. The standard InChI is InChI=1S/C15H24N2O/c1-3-8-13(16)11-17-15(18)14(4-2)12-9-6-5-7-10-12/h5-7,9-10,13-14H,3-4,8,11,16H2,1-2H3,(H,17,18). The molecular weight excluding hydrogens is 224 g/mol. The normalized spacial score (nSPS) is 13.9. The van der Waals surface area contributed by atoms with Gasteiger partial charge in [-0.25, -0.2) is 0 Å². The molecule has 1 rings (SSSR count). The molecule has 3 nitrogen and oxygen atoms in total. The summed E-state index contributed by atoms with van der Waals surface area (Å²) in [7, 11) is 0. The van der Waals surface area contributed by atoms with E-state index in [1.807, 2.05) is 37.3 Å². The van der Waals surface area contributed by atoms with E-state index in [1.165, 1.54) is 0 Å². The van der Waals surface area contributed by atoms with Crippen molar-refractivity contribution in [3.63, 3.8) is 0 Å². The van der Waals surface area contributed by atoms with Crippen LogP contribution in [-0.4, -0.2) is 18.5 Å². The molecule has 0 heterocycles. The van der Waals surface area contributed by atoms with Crippen molar-refractivity contribution in [1.29, 1.82) is 0 Å². The van der Waals surface area contributed by atoms with Crippen LogP contribution in [-0.2, 0) is 4.79 Å². The van der Waals surface area contributed by atoms with E-state index >= 15 is 0 Å². The number of amides is 1. The van der Waals surface area contributed by atoms with Crippen LogP contribution in [0.25, 0.3) is 0 Å². The number of carbonyl (C=O) groups excluding carboxylic acids is 1.